The van der Waals surface area contributed by atoms with Crippen LogP contribution in [-0.2, 0) is 10.8 Å². The SMILES string of the molecule is CC(c1cc(C(C)(C)C)ccc1O)c1cc(C(C)(C)C)ccc1O.Cc1cc(C)c(O)c(C(c2cc(C)cc(C)c2O)C(C)C)c1. The van der Waals surface area contributed by atoms with E-state index in [-0.39, 0.29) is 40.1 Å². The minimum Gasteiger partial charge on any atom is -0.508 e. The van der Waals surface area contributed by atoms with Crippen LogP contribution in [0, 0.1) is 33.6 Å². The topological polar surface area (TPSA) is 80.9 Å². The second kappa shape index (κ2) is 13.8. The Morgan fingerprint density at radius 3 is 1.13 bits per heavy atom. The van der Waals surface area contributed by atoms with Crippen LogP contribution >= 0.6 is 0 Å². The van der Waals surface area contributed by atoms with Crippen molar-refractivity contribution < 1.29 is 20.4 Å². The maximum atomic E-state index is 10.6. The lowest BCUT2D eigenvalue weighted by atomic mass is 9.79. The normalized spacial score (nSPS) is 12.1. The number of aromatic hydroxyl groups is 4. The molecule has 0 saturated carbocycles. The number of rotatable bonds is 5. The Kier molecular flexibility index (Phi) is 11.0. The summed E-state index contributed by atoms with van der Waals surface area (Å²) >= 11 is 0. The summed E-state index contributed by atoms with van der Waals surface area (Å²) < 4.78 is 0. The zero-order chi connectivity index (χ0) is 34.9. The van der Waals surface area contributed by atoms with Gasteiger partial charge in [0.2, 0.25) is 0 Å². The molecule has 0 radical (unpaired) electrons. The number of hydrogen-bond acceptors (Lipinski definition) is 4. The van der Waals surface area contributed by atoms with Crippen molar-refractivity contribution in [2.75, 3.05) is 0 Å². The Labute approximate surface area is 277 Å². The highest BCUT2D eigenvalue weighted by molar-refractivity contribution is 5.54. The van der Waals surface area contributed by atoms with Gasteiger partial charge in [0.15, 0.2) is 0 Å². The fraction of sp³-hybridized carbons (Fsp3) is 0.429. The fourth-order valence-corrected chi connectivity index (χ4v) is 6.25. The van der Waals surface area contributed by atoms with E-state index in [1.807, 2.05) is 71.0 Å². The Balaban J connectivity index is 0.000000251. The molecule has 0 aliphatic heterocycles. The largest absolute Gasteiger partial charge is 0.508 e. The highest BCUT2D eigenvalue weighted by Crippen LogP contribution is 2.43. The van der Waals surface area contributed by atoms with Gasteiger partial charge in [-0.05, 0) is 78.8 Å². The third-order valence-electron chi connectivity index (χ3n) is 9.01. The van der Waals surface area contributed by atoms with Crippen LogP contribution in [-0.4, -0.2) is 20.4 Å². The summed E-state index contributed by atoms with van der Waals surface area (Å²) in [4.78, 5) is 0. The minimum absolute atomic E-state index is 0.0114. The van der Waals surface area contributed by atoms with Crippen LogP contribution in [0.15, 0.2) is 60.7 Å². The molecule has 0 bridgehead atoms. The van der Waals surface area contributed by atoms with E-state index in [1.54, 1.807) is 12.1 Å². The molecule has 0 aliphatic carbocycles. The third kappa shape index (κ3) is 8.26. The number of aryl methyl sites for hydroxylation is 4. The lowest BCUT2D eigenvalue weighted by Gasteiger charge is -2.26. The Morgan fingerprint density at radius 1 is 0.478 bits per heavy atom. The highest BCUT2D eigenvalue weighted by Gasteiger charge is 2.26. The first-order valence-electron chi connectivity index (χ1n) is 16.4. The van der Waals surface area contributed by atoms with E-state index in [0.29, 0.717) is 11.5 Å². The Bertz CT molecular complexity index is 1560. The molecule has 46 heavy (non-hydrogen) atoms. The monoisotopic (exact) mass is 624 g/mol. The first-order chi connectivity index (χ1) is 21.1. The zero-order valence-corrected chi connectivity index (χ0v) is 30.3. The second-order valence-electron chi connectivity index (χ2n) is 15.5. The van der Waals surface area contributed by atoms with Crippen LogP contribution in [0.3, 0.4) is 0 Å². The molecule has 0 heterocycles. The van der Waals surface area contributed by atoms with Gasteiger partial charge in [-0.15, -0.1) is 0 Å². The predicted molar refractivity (Wildman–Crippen MR) is 193 cm³/mol. The van der Waals surface area contributed by atoms with Crippen molar-refractivity contribution in [3.05, 3.63) is 116 Å². The average molecular weight is 625 g/mol. The molecular formula is C42H56O4. The maximum Gasteiger partial charge on any atom is 0.122 e. The van der Waals surface area contributed by atoms with E-state index in [9.17, 15) is 20.4 Å². The van der Waals surface area contributed by atoms with Gasteiger partial charge in [-0.25, -0.2) is 0 Å². The molecule has 0 fully saturated rings. The smallest absolute Gasteiger partial charge is 0.122 e. The molecule has 0 unspecified atom stereocenters. The van der Waals surface area contributed by atoms with Crippen LogP contribution in [0.25, 0.3) is 0 Å². The summed E-state index contributed by atoms with van der Waals surface area (Å²) in [6.45, 7) is 27.1. The summed E-state index contributed by atoms with van der Waals surface area (Å²) in [5.74, 6) is 1.36. The van der Waals surface area contributed by atoms with Crippen molar-refractivity contribution in [1.82, 2.24) is 0 Å². The fourth-order valence-electron chi connectivity index (χ4n) is 6.25. The molecule has 0 saturated heterocycles. The van der Waals surface area contributed by atoms with Crippen molar-refractivity contribution >= 4 is 0 Å². The summed E-state index contributed by atoms with van der Waals surface area (Å²) in [5, 5.41) is 41.8. The van der Waals surface area contributed by atoms with E-state index < -0.39 is 0 Å². The first kappa shape index (κ1) is 36.5. The molecule has 248 valence electrons. The van der Waals surface area contributed by atoms with Crippen LogP contribution in [0.5, 0.6) is 23.0 Å². The van der Waals surface area contributed by atoms with Gasteiger partial charge in [0.25, 0.3) is 0 Å². The van der Waals surface area contributed by atoms with E-state index in [0.717, 1.165) is 44.5 Å². The zero-order valence-electron chi connectivity index (χ0n) is 30.3. The van der Waals surface area contributed by atoms with E-state index in [1.165, 1.54) is 11.1 Å². The molecule has 4 aromatic rings. The molecule has 0 atom stereocenters. The third-order valence-corrected chi connectivity index (χ3v) is 9.01. The Morgan fingerprint density at radius 2 is 0.826 bits per heavy atom. The molecule has 4 heteroatoms. The van der Waals surface area contributed by atoms with Crippen LogP contribution in [0.4, 0.5) is 0 Å². The number of benzene rings is 4. The molecule has 4 aromatic carbocycles. The van der Waals surface area contributed by atoms with Crippen molar-refractivity contribution in [1.29, 1.82) is 0 Å². The van der Waals surface area contributed by atoms with Gasteiger partial charge in [-0.2, -0.15) is 0 Å². The second-order valence-corrected chi connectivity index (χ2v) is 15.5. The van der Waals surface area contributed by atoms with E-state index in [4.69, 9.17) is 0 Å². The van der Waals surface area contributed by atoms with Crippen LogP contribution in [0.1, 0.15) is 130 Å². The quantitative estimate of drug-likeness (QED) is 0.178. The van der Waals surface area contributed by atoms with Crippen molar-refractivity contribution in [2.24, 2.45) is 5.92 Å². The van der Waals surface area contributed by atoms with Gasteiger partial charge < -0.3 is 20.4 Å². The molecule has 0 aliphatic rings. The number of hydrogen-bond donors (Lipinski definition) is 4. The summed E-state index contributed by atoms with van der Waals surface area (Å²) in [5.41, 5.74) is 9.87. The van der Waals surface area contributed by atoms with Gasteiger partial charge >= 0.3 is 0 Å². The van der Waals surface area contributed by atoms with Gasteiger partial charge in [-0.1, -0.05) is 122 Å². The van der Waals surface area contributed by atoms with Gasteiger partial charge in [-0.3, -0.25) is 0 Å². The molecule has 4 nitrogen and oxygen atoms in total. The summed E-state index contributed by atoms with van der Waals surface area (Å²) in [6.07, 6.45) is 0. The summed E-state index contributed by atoms with van der Waals surface area (Å²) in [7, 11) is 0. The van der Waals surface area contributed by atoms with Crippen LogP contribution in [0.2, 0.25) is 0 Å². The van der Waals surface area contributed by atoms with Gasteiger partial charge in [0, 0.05) is 34.1 Å². The predicted octanol–water partition coefficient (Wildman–Crippen LogP) is 11.0. The van der Waals surface area contributed by atoms with E-state index in [2.05, 4.69) is 67.5 Å². The molecule has 4 rings (SSSR count). The van der Waals surface area contributed by atoms with E-state index >= 15 is 0 Å². The number of phenolic OH excluding ortho intramolecular Hbond substituents is 4. The lowest BCUT2D eigenvalue weighted by molar-refractivity contribution is 0.431. The first-order valence-corrected chi connectivity index (χ1v) is 16.4. The molecular weight excluding hydrogens is 568 g/mol. The van der Waals surface area contributed by atoms with Crippen molar-refractivity contribution in [2.45, 2.75) is 113 Å². The number of phenols is 4. The molecule has 0 spiro atoms. The van der Waals surface area contributed by atoms with Crippen molar-refractivity contribution in [3.63, 3.8) is 0 Å². The van der Waals surface area contributed by atoms with Gasteiger partial charge in [0.05, 0.1) is 0 Å². The maximum absolute atomic E-state index is 10.6. The molecule has 0 amide bonds. The Hall–Kier alpha value is -3.92. The van der Waals surface area contributed by atoms with Gasteiger partial charge in [0.1, 0.15) is 23.0 Å². The standard InChI is InChI=1S/C22H30O2.C20H26O2/c1-14(17-12-15(21(2,3)4)8-10-19(17)23)18-13-16(22(5,6)7)9-11-20(18)24;1-11(2)18(16-9-12(3)7-14(5)19(16)21)17-10-13(4)8-15(6)20(17)22/h8-14,23-24H,1-7H3;7-11,18,21-22H,1-6H3. The van der Waals surface area contributed by atoms with Crippen LogP contribution < -0.4 is 0 Å². The minimum atomic E-state index is -0.0883. The highest BCUT2D eigenvalue weighted by atomic mass is 16.3. The van der Waals surface area contributed by atoms with Crippen molar-refractivity contribution in [3.8, 4) is 23.0 Å². The molecule has 0 aromatic heterocycles. The lowest BCUT2D eigenvalue weighted by Crippen LogP contribution is -2.13. The summed E-state index contributed by atoms with van der Waals surface area (Å²) in [6, 6.07) is 19.6. The molecule has 4 N–H and O–H groups in total. The average Bonchev–Trinajstić information content (AvgIpc) is 2.93.